The highest BCUT2D eigenvalue weighted by Crippen LogP contribution is 2.87. The Labute approximate surface area is 284 Å². The van der Waals surface area contributed by atoms with Crippen molar-refractivity contribution in [3.05, 3.63) is 11.6 Å². The second kappa shape index (κ2) is 11.5. The van der Waals surface area contributed by atoms with Gasteiger partial charge in [-0.05, 0) is 92.3 Å². The van der Waals surface area contributed by atoms with Gasteiger partial charge in [0, 0.05) is 18.3 Å². The molecule has 0 aromatic heterocycles. The van der Waals surface area contributed by atoms with Crippen molar-refractivity contribution >= 4 is 11.8 Å². The third-order valence-electron chi connectivity index (χ3n) is 14.7. The van der Waals surface area contributed by atoms with E-state index in [2.05, 4.69) is 33.8 Å². The predicted molar refractivity (Wildman–Crippen MR) is 173 cm³/mol. The van der Waals surface area contributed by atoms with Crippen molar-refractivity contribution in [2.24, 2.45) is 44.8 Å². The number of aliphatic hydroxyl groups excluding tert-OH is 5. The van der Waals surface area contributed by atoms with E-state index in [1.54, 1.807) is 0 Å². The first-order valence-corrected chi connectivity index (χ1v) is 17.9. The van der Waals surface area contributed by atoms with Gasteiger partial charge in [0.2, 0.25) is 0 Å². The van der Waals surface area contributed by atoms with Gasteiger partial charge < -0.3 is 44.8 Å². The molecule has 4 saturated carbocycles. The second-order valence-corrected chi connectivity index (χ2v) is 17.9. The lowest BCUT2D eigenvalue weighted by molar-refractivity contribution is -0.300. The number of fused-ring (bicyclic) bond motifs is 2. The fraction of sp³-hybridized carbons (Fsp3) is 0.892. The third kappa shape index (κ3) is 4.89. The van der Waals surface area contributed by atoms with E-state index >= 15 is 0 Å². The van der Waals surface area contributed by atoms with Gasteiger partial charge in [0.25, 0.3) is 0 Å². The highest BCUT2D eigenvalue weighted by atomic mass is 16.7. The predicted octanol–water partition coefficient (Wildman–Crippen LogP) is 2.41. The minimum atomic E-state index is -1.52. The van der Waals surface area contributed by atoms with E-state index in [4.69, 9.17) is 14.2 Å². The van der Waals surface area contributed by atoms with E-state index in [0.29, 0.717) is 0 Å². The molecular formula is C37H58O11. The zero-order chi connectivity index (χ0) is 35.6. The zero-order valence-electron chi connectivity index (χ0n) is 29.8. The first-order chi connectivity index (χ1) is 22.1. The number of carbonyl (C=O) groups excluding carboxylic acids is 2. The Kier molecular flexibility index (Phi) is 8.74. The molecule has 0 aromatic carbocycles. The van der Waals surface area contributed by atoms with Crippen LogP contribution in [0.1, 0.15) is 100 Å². The smallest absolute Gasteiger partial charge is 0.302 e. The molecule has 1 heterocycles. The van der Waals surface area contributed by atoms with Crippen LogP contribution in [0.2, 0.25) is 0 Å². The average Bonchev–Trinajstić information content (AvgIpc) is 3.63. The monoisotopic (exact) mass is 678 g/mol. The lowest BCUT2D eigenvalue weighted by Gasteiger charge is -2.60. The van der Waals surface area contributed by atoms with E-state index in [-0.39, 0.29) is 53.0 Å². The molecule has 5 fully saturated rings. The number of esters is 1. The average molecular weight is 679 g/mol. The number of hydrogen-bond acceptors (Lipinski definition) is 11. The first-order valence-electron chi connectivity index (χ1n) is 17.9. The maximum Gasteiger partial charge on any atom is 0.302 e. The van der Waals surface area contributed by atoms with Crippen molar-refractivity contribution in [1.82, 2.24) is 0 Å². The quantitative estimate of drug-likeness (QED) is 0.164. The number of aliphatic hydroxyl groups is 6. The van der Waals surface area contributed by atoms with Gasteiger partial charge in [-0.25, -0.2) is 0 Å². The molecule has 0 aromatic rings. The summed E-state index contributed by atoms with van der Waals surface area (Å²) in [6.45, 7) is 14.6. The maximum absolute atomic E-state index is 14.2. The van der Waals surface area contributed by atoms with Crippen LogP contribution in [0.4, 0.5) is 0 Å². The van der Waals surface area contributed by atoms with E-state index in [1.807, 2.05) is 6.92 Å². The Morgan fingerprint density at radius 3 is 2.38 bits per heavy atom. The van der Waals surface area contributed by atoms with Crippen LogP contribution in [0.5, 0.6) is 0 Å². The van der Waals surface area contributed by atoms with Gasteiger partial charge in [0.15, 0.2) is 12.1 Å². The topological polar surface area (TPSA) is 183 Å². The Balaban J connectivity index is 1.27. The van der Waals surface area contributed by atoms with Crippen molar-refractivity contribution < 1.29 is 54.4 Å². The molecule has 2 spiro atoms. The van der Waals surface area contributed by atoms with Crippen LogP contribution in [0.3, 0.4) is 0 Å². The summed E-state index contributed by atoms with van der Waals surface area (Å²) in [7, 11) is 0. The summed E-state index contributed by atoms with van der Waals surface area (Å²) in [5, 5.41) is 64.1. The van der Waals surface area contributed by atoms with Gasteiger partial charge in [-0.1, -0.05) is 46.3 Å². The van der Waals surface area contributed by atoms with Gasteiger partial charge in [-0.15, -0.1) is 0 Å². The highest BCUT2D eigenvalue weighted by Gasteiger charge is 2.82. The van der Waals surface area contributed by atoms with E-state index in [1.165, 1.54) is 26.3 Å². The maximum atomic E-state index is 14.2. The molecule has 6 N–H and O–H groups in total. The minimum Gasteiger partial charge on any atom is -0.460 e. The van der Waals surface area contributed by atoms with E-state index in [9.17, 15) is 40.2 Å². The molecule has 1 unspecified atom stereocenters. The highest BCUT2D eigenvalue weighted by molar-refractivity contribution is 5.91. The summed E-state index contributed by atoms with van der Waals surface area (Å²) in [5.74, 6) is -1.41. The summed E-state index contributed by atoms with van der Waals surface area (Å²) >= 11 is 0. The normalized spacial score (nSPS) is 48.2. The van der Waals surface area contributed by atoms with Crippen LogP contribution >= 0.6 is 0 Å². The van der Waals surface area contributed by atoms with Crippen molar-refractivity contribution in [2.75, 3.05) is 6.61 Å². The third-order valence-corrected chi connectivity index (χ3v) is 14.7. The fourth-order valence-electron chi connectivity index (χ4n) is 12.0. The van der Waals surface area contributed by atoms with Crippen LogP contribution in [0.15, 0.2) is 11.6 Å². The van der Waals surface area contributed by atoms with Gasteiger partial charge in [-0.3, -0.25) is 9.59 Å². The Morgan fingerprint density at radius 1 is 1.08 bits per heavy atom. The number of ether oxygens (including phenoxy) is 3. The lowest BCUT2D eigenvalue weighted by atomic mass is 9.44. The molecule has 11 heteroatoms. The Morgan fingerprint density at radius 2 is 1.75 bits per heavy atom. The Hall–Kier alpha value is -1.44. The summed E-state index contributed by atoms with van der Waals surface area (Å²) < 4.78 is 17.5. The van der Waals surface area contributed by atoms with E-state index < -0.39 is 71.2 Å². The van der Waals surface area contributed by atoms with Crippen LogP contribution in [0.25, 0.3) is 0 Å². The summed E-state index contributed by atoms with van der Waals surface area (Å²) in [6.07, 6.45) is -1.19. The molecule has 0 amide bonds. The molecule has 5 aliphatic carbocycles. The largest absolute Gasteiger partial charge is 0.460 e. The summed E-state index contributed by atoms with van der Waals surface area (Å²) in [4.78, 5) is 26.2. The molecular weight excluding hydrogens is 620 g/mol. The van der Waals surface area contributed by atoms with Crippen LogP contribution in [-0.4, -0.2) is 104 Å². The SMILES string of the molecule is CC(=O)O[C@H](C[C@@H](C)[C@H]1C(=O)[C@H](O)[C@@]2(C)C3=CCC4C(C)(C)[C@@H](O[C@@H]5OC[C@@H](O)[C@H](O)[C@H]5O)CC[C@@]45C[C@@]35CC[C@]12C)[C@@H](O)C(C)(C)O. The molecule has 6 aliphatic rings. The minimum absolute atomic E-state index is 0.00373. The number of allylic oxidation sites excluding steroid dienone is 1. The molecule has 6 rings (SSSR count). The van der Waals surface area contributed by atoms with Crippen molar-refractivity contribution in [2.45, 2.75) is 155 Å². The molecule has 48 heavy (non-hydrogen) atoms. The second-order valence-electron chi connectivity index (χ2n) is 17.9. The number of hydrogen-bond donors (Lipinski definition) is 6. The molecule has 272 valence electrons. The number of carbonyl (C=O) groups is 2. The first kappa shape index (κ1) is 36.4. The van der Waals surface area contributed by atoms with Crippen LogP contribution < -0.4 is 0 Å². The number of ketones is 1. The van der Waals surface area contributed by atoms with Crippen LogP contribution in [-0.2, 0) is 23.8 Å². The van der Waals surface area contributed by atoms with Crippen molar-refractivity contribution in [1.29, 1.82) is 0 Å². The molecule has 1 aliphatic heterocycles. The molecule has 11 nitrogen and oxygen atoms in total. The number of Topliss-reactive ketones (excluding diaryl/α,β-unsaturated/α-hetero) is 1. The summed E-state index contributed by atoms with van der Waals surface area (Å²) in [5.41, 5.74) is -2.14. The lowest BCUT2D eigenvalue weighted by Crippen LogP contribution is -2.58. The molecule has 0 radical (unpaired) electrons. The Bertz CT molecular complexity index is 1340. The van der Waals surface area contributed by atoms with Gasteiger partial charge in [0.1, 0.15) is 36.6 Å². The van der Waals surface area contributed by atoms with Gasteiger partial charge >= 0.3 is 5.97 Å². The van der Waals surface area contributed by atoms with E-state index in [0.717, 1.165) is 38.5 Å². The zero-order valence-corrected chi connectivity index (χ0v) is 29.8. The molecule has 1 saturated heterocycles. The summed E-state index contributed by atoms with van der Waals surface area (Å²) in [6, 6.07) is 0. The van der Waals surface area contributed by atoms with Crippen LogP contribution in [0, 0.1) is 44.8 Å². The fourth-order valence-corrected chi connectivity index (χ4v) is 12.0. The van der Waals surface area contributed by atoms with Crippen molar-refractivity contribution in [3.8, 4) is 0 Å². The standard InChI is InChI=1S/C37H58O11/c1-18(15-21(47-19(2)38)29(43)33(5,6)45)25-27(41)30(44)35(8)23-10-9-22-32(3,4)24(48-31-28(42)26(40)20(39)16-46-31)11-12-36(22)17-37(23,36)14-13-34(25,35)7/h10,18,20-22,24-26,28-31,39-40,42-45H,9,11-17H2,1-8H3/t18-,20-,21-,22?,24+,25+,26+,28-,29-,30+,31+,34-,35-,36-,37+/m1/s1. The van der Waals surface area contributed by atoms with Gasteiger partial charge in [0.05, 0.1) is 18.3 Å². The van der Waals surface area contributed by atoms with Crippen molar-refractivity contribution in [3.63, 3.8) is 0 Å². The molecule has 15 atom stereocenters. The number of rotatable bonds is 8. The van der Waals surface area contributed by atoms with Gasteiger partial charge in [-0.2, -0.15) is 0 Å². The molecule has 0 bridgehead atoms.